The molecule has 5 nitrogen and oxygen atoms in total. The topological polar surface area (TPSA) is 72.8 Å². The second kappa shape index (κ2) is 8.31. The Kier molecular flexibility index (Phi) is 6.58. The van der Waals surface area contributed by atoms with E-state index in [9.17, 15) is 23.8 Å². The Balaban J connectivity index is 2.21. The summed E-state index contributed by atoms with van der Waals surface area (Å²) in [5.74, 6) is -0.827. The molecule has 0 aliphatic heterocycles. The zero-order valence-corrected chi connectivity index (χ0v) is 15.5. The van der Waals surface area contributed by atoms with Gasteiger partial charge in [0.25, 0.3) is 0 Å². The third kappa shape index (κ3) is 5.92. The molecule has 0 heterocycles. The van der Waals surface area contributed by atoms with Crippen molar-refractivity contribution in [1.29, 1.82) is 0 Å². The van der Waals surface area contributed by atoms with Gasteiger partial charge in [-0.05, 0) is 70.2 Å². The number of amides is 1. The predicted molar refractivity (Wildman–Crippen MR) is 95.1 cm³/mol. The molecule has 2 atom stereocenters. The zero-order chi connectivity index (χ0) is 19.5. The fraction of sp³-hybridized carbons (Fsp3) is 0.632. The van der Waals surface area contributed by atoms with Crippen LogP contribution in [0.1, 0.15) is 39.2 Å². The van der Waals surface area contributed by atoms with E-state index in [4.69, 9.17) is 0 Å². The molecule has 1 amide bonds. The van der Waals surface area contributed by atoms with E-state index in [0.717, 1.165) is 12.6 Å². The van der Waals surface area contributed by atoms with Crippen LogP contribution in [0.25, 0.3) is 0 Å². The molecule has 1 unspecified atom stereocenters. The largest absolute Gasteiger partial charge is 0.465 e. The molecule has 26 heavy (non-hydrogen) atoms. The summed E-state index contributed by atoms with van der Waals surface area (Å²) < 4.78 is 27.1. The first-order chi connectivity index (χ1) is 12.1. The lowest BCUT2D eigenvalue weighted by Gasteiger charge is -2.42. The van der Waals surface area contributed by atoms with Crippen molar-refractivity contribution in [1.82, 2.24) is 10.2 Å². The van der Waals surface area contributed by atoms with E-state index >= 15 is 0 Å². The van der Waals surface area contributed by atoms with Crippen molar-refractivity contribution in [3.8, 4) is 0 Å². The van der Waals surface area contributed by atoms with Gasteiger partial charge in [-0.2, -0.15) is 0 Å². The average molecular weight is 370 g/mol. The SMILES string of the molecule is CC(C)(C)N(C(=O)O)C(Cc1cc(F)cc(F)c1)[C@H](O)CNCC1CC1. The number of rotatable bonds is 8. The van der Waals surface area contributed by atoms with Crippen LogP contribution in [0, 0.1) is 17.6 Å². The van der Waals surface area contributed by atoms with Gasteiger partial charge in [0.2, 0.25) is 0 Å². The summed E-state index contributed by atoms with van der Waals surface area (Å²) in [6, 6.07) is 2.28. The summed E-state index contributed by atoms with van der Waals surface area (Å²) in [5.41, 5.74) is -0.468. The molecule has 1 saturated carbocycles. The van der Waals surface area contributed by atoms with Crippen molar-refractivity contribution in [3.63, 3.8) is 0 Å². The molecule has 0 aromatic heterocycles. The van der Waals surface area contributed by atoms with Gasteiger partial charge in [0.05, 0.1) is 12.1 Å². The number of nitrogens with one attached hydrogen (secondary N) is 1. The van der Waals surface area contributed by atoms with Gasteiger partial charge in [0.1, 0.15) is 11.6 Å². The Morgan fingerprint density at radius 3 is 2.31 bits per heavy atom. The molecule has 1 aliphatic rings. The minimum atomic E-state index is -1.18. The molecule has 0 saturated heterocycles. The molecule has 0 spiro atoms. The molecular weight excluding hydrogens is 342 g/mol. The number of carboxylic acid groups (broad SMARTS) is 1. The minimum Gasteiger partial charge on any atom is -0.465 e. The second-order valence-corrected chi connectivity index (χ2v) is 8.04. The van der Waals surface area contributed by atoms with Gasteiger partial charge in [0.15, 0.2) is 0 Å². The van der Waals surface area contributed by atoms with E-state index < -0.39 is 35.4 Å². The summed E-state index contributed by atoms with van der Waals surface area (Å²) in [7, 11) is 0. The highest BCUT2D eigenvalue weighted by Gasteiger charge is 2.37. The van der Waals surface area contributed by atoms with Crippen LogP contribution in [0.3, 0.4) is 0 Å². The van der Waals surface area contributed by atoms with E-state index in [2.05, 4.69) is 5.32 Å². The molecule has 0 radical (unpaired) electrons. The smallest absolute Gasteiger partial charge is 0.408 e. The number of nitrogens with zero attached hydrogens (tertiary/aromatic N) is 1. The van der Waals surface area contributed by atoms with Crippen molar-refractivity contribution in [2.75, 3.05) is 13.1 Å². The molecule has 3 N–H and O–H groups in total. The van der Waals surface area contributed by atoms with Crippen molar-refractivity contribution in [2.24, 2.45) is 5.92 Å². The Hall–Kier alpha value is -1.73. The Bertz CT molecular complexity index is 609. The Morgan fingerprint density at radius 2 is 1.85 bits per heavy atom. The van der Waals surface area contributed by atoms with Crippen LogP contribution in [0.2, 0.25) is 0 Å². The van der Waals surface area contributed by atoms with Gasteiger partial charge in [0, 0.05) is 18.2 Å². The highest BCUT2D eigenvalue weighted by atomic mass is 19.1. The maximum absolute atomic E-state index is 13.5. The first-order valence-electron chi connectivity index (χ1n) is 8.94. The fourth-order valence-corrected chi connectivity index (χ4v) is 3.19. The number of hydrogen-bond donors (Lipinski definition) is 3. The molecule has 0 bridgehead atoms. The van der Waals surface area contributed by atoms with Gasteiger partial charge in [-0.25, -0.2) is 13.6 Å². The third-order valence-electron chi connectivity index (χ3n) is 4.56. The quantitative estimate of drug-likeness (QED) is 0.658. The van der Waals surface area contributed by atoms with Gasteiger partial charge < -0.3 is 15.5 Å². The van der Waals surface area contributed by atoms with E-state index in [1.54, 1.807) is 20.8 Å². The van der Waals surface area contributed by atoms with Crippen LogP contribution in [0.15, 0.2) is 18.2 Å². The van der Waals surface area contributed by atoms with Crippen LogP contribution >= 0.6 is 0 Å². The maximum atomic E-state index is 13.5. The number of hydrogen-bond acceptors (Lipinski definition) is 3. The highest BCUT2D eigenvalue weighted by molar-refractivity contribution is 5.66. The number of carbonyl (C=O) groups is 1. The van der Waals surface area contributed by atoms with Crippen molar-refractivity contribution >= 4 is 6.09 Å². The number of aliphatic hydroxyl groups is 1. The van der Waals surface area contributed by atoms with Crippen LogP contribution in [-0.4, -0.2) is 52.0 Å². The van der Waals surface area contributed by atoms with Crippen molar-refractivity contribution < 1.29 is 23.8 Å². The first-order valence-corrected chi connectivity index (χ1v) is 8.94. The number of benzene rings is 1. The monoisotopic (exact) mass is 370 g/mol. The van der Waals surface area contributed by atoms with E-state index in [-0.39, 0.29) is 13.0 Å². The fourth-order valence-electron chi connectivity index (χ4n) is 3.19. The first kappa shape index (κ1) is 20.6. The third-order valence-corrected chi connectivity index (χ3v) is 4.56. The molecule has 1 aliphatic carbocycles. The molecule has 1 aromatic rings. The lowest BCUT2D eigenvalue weighted by Crippen LogP contribution is -2.58. The second-order valence-electron chi connectivity index (χ2n) is 8.04. The van der Waals surface area contributed by atoms with Crippen LogP contribution in [0.4, 0.5) is 13.6 Å². The summed E-state index contributed by atoms with van der Waals surface area (Å²) in [6.45, 7) is 6.18. The van der Waals surface area contributed by atoms with E-state index in [1.165, 1.54) is 29.9 Å². The van der Waals surface area contributed by atoms with Gasteiger partial charge in [-0.3, -0.25) is 4.90 Å². The van der Waals surface area contributed by atoms with Gasteiger partial charge in [-0.1, -0.05) is 0 Å². The zero-order valence-electron chi connectivity index (χ0n) is 15.5. The molecule has 146 valence electrons. The number of aliphatic hydroxyl groups excluding tert-OH is 1. The lowest BCUT2D eigenvalue weighted by atomic mass is 9.94. The van der Waals surface area contributed by atoms with Crippen molar-refractivity contribution in [3.05, 3.63) is 35.4 Å². The van der Waals surface area contributed by atoms with Crippen LogP contribution in [0.5, 0.6) is 0 Å². The van der Waals surface area contributed by atoms with Crippen molar-refractivity contribution in [2.45, 2.75) is 57.7 Å². The molecule has 2 rings (SSSR count). The van der Waals surface area contributed by atoms with Crippen LogP contribution in [-0.2, 0) is 6.42 Å². The van der Waals surface area contributed by atoms with E-state index in [1.807, 2.05) is 0 Å². The molecule has 1 aromatic carbocycles. The lowest BCUT2D eigenvalue weighted by molar-refractivity contribution is 0.00776. The van der Waals surface area contributed by atoms with Gasteiger partial charge in [-0.15, -0.1) is 0 Å². The normalized spacial score (nSPS) is 17.0. The Labute approximate surface area is 153 Å². The summed E-state index contributed by atoms with van der Waals surface area (Å²) in [6.07, 6.45) is 0.164. The minimum absolute atomic E-state index is 0.0184. The standard InChI is InChI=1S/C19H28F2N2O3/c1-19(2,3)23(18(25)26)16(17(24)11-22-10-12-4-5-12)8-13-6-14(20)9-15(21)7-13/h6-7,9,12,16-17,22,24H,4-5,8,10-11H2,1-3H3,(H,25,26)/t16?,17-/m1/s1. The maximum Gasteiger partial charge on any atom is 0.408 e. The summed E-state index contributed by atoms with van der Waals surface area (Å²) in [4.78, 5) is 13.0. The summed E-state index contributed by atoms with van der Waals surface area (Å²) in [5, 5.41) is 23.5. The Morgan fingerprint density at radius 1 is 1.27 bits per heavy atom. The summed E-state index contributed by atoms with van der Waals surface area (Å²) >= 11 is 0. The molecular formula is C19H28F2N2O3. The molecule has 1 fully saturated rings. The van der Waals surface area contributed by atoms with E-state index in [0.29, 0.717) is 11.5 Å². The van der Waals surface area contributed by atoms with Crippen LogP contribution < -0.4 is 5.32 Å². The highest BCUT2D eigenvalue weighted by Crippen LogP contribution is 2.28. The van der Waals surface area contributed by atoms with Gasteiger partial charge >= 0.3 is 6.09 Å². The molecule has 7 heteroatoms. The number of halogens is 2. The predicted octanol–water partition coefficient (Wildman–Crippen LogP) is 3.01. The average Bonchev–Trinajstić information content (AvgIpc) is 3.27.